The number of carbonyl (C=O) groups is 1. The van der Waals surface area contributed by atoms with E-state index < -0.39 is 16.9 Å². The lowest BCUT2D eigenvalue weighted by atomic mass is 9.95. The zero-order valence-electron chi connectivity index (χ0n) is 18.7. The molecule has 11 heteroatoms. The number of nitrogens with zero attached hydrogens (tertiary/aromatic N) is 3. The van der Waals surface area contributed by atoms with Gasteiger partial charge in [-0.15, -0.1) is 0 Å². The van der Waals surface area contributed by atoms with Gasteiger partial charge in [0.15, 0.2) is 16.3 Å². The van der Waals surface area contributed by atoms with Crippen LogP contribution in [-0.2, 0) is 9.53 Å². The van der Waals surface area contributed by atoms with Crippen LogP contribution >= 0.6 is 11.3 Å². The molecule has 0 fully saturated rings. The molecule has 10 nitrogen and oxygen atoms in total. The van der Waals surface area contributed by atoms with Gasteiger partial charge in [-0.05, 0) is 55.3 Å². The van der Waals surface area contributed by atoms with Crippen LogP contribution in [0.3, 0.4) is 0 Å². The van der Waals surface area contributed by atoms with Crippen LogP contribution in [0.1, 0.15) is 31.0 Å². The summed E-state index contributed by atoms with van der Waals surface area (Å²) >= 11 is 1.17. The second-order valence-electron chi connectivity index (χ2n) is 7.76. The average molecular weight is 493 g/mol. The third-order valence-corrected chi connectivity index (χ3v) is 6.61. The third-order valence-electron chi connectivity index (χ3n) is 5.63. The standard InChI is InChI=1S/C24H19N3O7S/c1-3-32-23(29)20-13(2)25-24-26(21(20)15-6-9-17-18(11-15)34-12-33-17)22(28)19(35-24)10-14-4-7-16(8-5-14)27(30)31/h4-11,21H,3,12H2,1-2H3/b19-10+. The van der Waals surface area contributed by atoms with Crippen LogP contribution in [0.4, 0.5) is 5.69 Å². The first-order chi connectivity index (χ1) is 16.9. The van der Waals surface area contributed by atoms with Gasteiger partial charge in [-0.1, -0.05) is 17.4 Å². The normalized spacial score (nSPS) is 16.6. The summed E-state index contributed by atoms with van der Waals surface area (Å²) in [6.07, 6.45) is 1.65. The SMILES string of the molecule is CCOC(=O)C1=C(C)N=c2s/c(=C/c3ccc([N+](=O)[O-])cc3)c(=O)n2C1c1ccc2c(c1)OCO2. The number of allylic oxidation sites excluding steroid dienone is 1. The molecule has 1 atom stereocenters. The van der Waals surface area contributed by atoms with Gasteiger partial charge < -0.3 is 14.2 Å². The van der Waals surface area contributed by atoms with Crippen molar-refractivity contribution >= 4 is 29.1 Å². The van der Waals surface area contributed by atoms with Gasteiger partial charge in [0.25, 0.3) is 11.2 Å². The summed E-state index contributed by atoms with van der Waals surface area (Å²) in [7, 11) is 0. The molecule has 35 heavy (non-hydrogen) atoms. The number of carbonyl (C=O) groups excluding carboxylic acids is 1. The van der Waals surface area contributed by atoms with E-state index in [0.29, 0.717) is 37.7 Å². The van der Waals surface area contributed by atoms with Crippen molar-refractivity contribution in [2.24, 2.45) is 4.99 Å². The lowest BCUT2D eigenvalue weighted by Crippen LogP contribution is -2.39. The zero-order chi connectivity index (χ0) is 24.7. The molecular weight excluding hydrogens is 474 g/mol. The van der Waals surface area contributed by atoms with Crippen LogP contribution < -0.4 is 24.4 Å². The Morgan fingerprint density at radius 1 is 1.26 bits per heavy atom. The van der Waals surface area contributed by atoms with E-state index in [2.05, 4.69) is 4.99 Å². The number of aromatic nitrogens is 1. The number of ether oxygens (including phenoxy) is 3. The number of thiazole rings is 1. The number of nitro benzene ring substituents is 1. The maximum atomic E-state index is 13.6. The monoisotopic (exact) mass is 493 g/mol. The second kappa shape index (κ2) is 8.84. The van der Waals surface area contributed by atoms with E-state index in [1.807, 2.05) is 0 Å². The summed E-state index contributed by atoms with van der Waals surface area (Å²) in [6, 6.07) is 10.4. The van der Waals surface area contributed by atoms with E-state index in [4.69, 9.17) is 14.2 Å². The average Bonchev–Trinajstić information content (AvgIpc) is 3.42. The van der Waals surface area contributed by atoms with Crippen LogP contribution in [0, 0.1) is 10.1 Å². The van der Waals surface area contributed by atoms with E-state index >= 15 is 0 Å². The van der Waals surface area contributed by atoms with E-state index in [-0.39, 0.29) is 30.2 Å². The highest BCUT2D eigenvalue weighted by molar-refractivity contribution is 7.07. The lowest BCUT2D eigenvalue weighted by molar-refractivity contribution is -0.384. The van der Waals surface area contributed by atoms with Gasteiger partial charge in [-0.3, -0.25) is 19.5 Å². The van der Waals surface area contributed by atoms with E-state index in [9.17, 15) is 19.7 Å². The molecule has 0 saturated heterocycles. The molecule has 5 rings (SSSR count). The van der Waals surface area contributed by atoms with Gasteiger partial charge in [-0.2, -0.15) is 0 Å². The summed E-state index contributed by atoms with van der Waals surface area (Å²) in [5, 5.41) is 10.9. The Kier molecular flexibility index (Phi) is 5.69. The number of fused-ring (bicyclic) bond motifs is 2. The number of non-ortho nitro benzene ring substituents is 1. The van der Waals surface area contributed by atoms with Crippen molar-refractivity contribution in [3.8, 4) is 11.5 Å². The minimum atomic E-state index is -0.779. The molecule has 2 aliphatic rings. The van der Waals surface area contributed by atoms with Gasteiger partial charge in [-0.25, -0.2) is 9.79 Å². The summed E-state index contributed by atoms with van der Waals surface area (Å²) in [5.41, 5.74) is 1.61. The first-order valence-electron chi connectivity index (χ1n) is 10.7. The van der Waals surface area contributed by atoms with Gasteiger partial charge >= 0.3 is 5.97 Å². The highest BCUT2D eigenvalue weighted by Crippen LogP contribution is 2.38. The number of esters is 1. The predicted molar refractivity (Wildman–Crippen MR) is 126 cm³/mol. The fraction of sp³-hybridized carbons (Fsp3) is 0.208. The molecule has 0 bridgehead atoms. The van der Waals surface area contributed by atoms with Gasteiger partial charge in [0.1, 0.15) is 0 Å². The molecule has 0 radical (unpaired) electrons. The molecule has 3 heterocycles. The van der Waals surface area contributed by atoms with Crippen LogP contribution in [-0.4, -0.2) is 28.9 Å². The fourth-order valence-corrected chi connectivity index (χ4v) is 5.08. The predicted octanol–water partition coefficient (Wildman–Crippen LogP) is 2.44. The molecule has 0 amide bonds. The summed E-state index contributed by atoms with van der Waals surface area (Å²) < 4.78 is 18.1. The minimum absolute atomic E-state index is 0.0406. The molecule has 1 unspecified atom stereocenters. The first kappa shape index (κ1) is 22.5. The highest BCUT2D eigenvalue weighted by atomic mass is 32.1. The first-order valence-corrected chi connectivity index (χ1v) is 11.5. The maximum Gasteiger partial charge on any atom is 0.338 e. The molecular formula is C24H19N3O7S. The van der Waals surface area contributed by atoms with Crippen molar-refractivity contribution in [3.05, 3.63) is 94.7 Å². The van der Waals surface area contributed by atoms with Crippen molar-refractivity contribution in [1.82, 2.24) is 4.57 Å². The molecule has 178 valence electrons. The molecule has 0 aliphatic carbocycles. The Labute approximate surface area is 202 Å². The smallest absolute Gasteiger partial charge is 0.338 e. The van der Waals surface area contributed by atoms with Crippen LogP contribution in [0.25, 0.3) is 6.08 Å². The fourth-order valence-electron chi connectivity index (χ4n) is 4.03. The van der Waals surface area contributed by atoms with Crippen molar-refractivity contribution in [2.45, 2.75) is 19.9 Å². The molecule has 2 aromatic carbocycles. The molecule has 0 saturated carbocycles. The summed E-state index contributed by atoms with van der Waals surface area (Å²) in [4.78, 5) is 42.0. The Bertz CT molecular complexity index is 1570. The van der Waals surface area contributed by atoms with Gasteiger partial charge in [0, 0.05) is 12.1 Å². The van der Waals surface area contributed by atoms with Gasteiger partial charge in [0.05, 0.1) is 33.4 Å². The minimum Gasteiger partial charge on any atom is -0.463 e. The van der Waals surface area contributed by atoms with Crippen LogP contribution in [0.2, 0.25) is 0 Å². The van der Waals surface area contributed by atoms with Gasteiger partial charge in [0.2, 0.25) is 6.79 Å². The number of benzene rings is 2. The summed E-state index contributed by atoms with van der Waals surface area (Å²) in [5.74, 6) is 0.548. The Morgan fingerprint density at radius 3 is 2.71 bits per heavy atom. The topological polar surface area (TPSA) is 122 Å². The third kappa shape index (κ3) is 3.99. The van der Waals surface area contributed by atoms with Crippen molar-refractivity contribution in [2.75, 3.05) is 13.4 Å². The van der Waals surface area contributed by atoms with Crippen molar-refractivity contribution < 1.29 is 23.9 Å². The number of rotatable bonds is 5. The lowest BCUT2D eigenvalue weighted by Gasteiger charge is -2.24. The Morgan fingerprint density at radius 2 is 2.00 bits per heavy atom. The zero-order valence-corrected chi connectivity index (χ0v) is 19.5. The maximum absolute atomic E-state index is 13.6. The quantitative estimate of drug-likeness (QED) is 0.304. The Balaban J connectivity index is 1.68. The molecule has 0 spiro atoms. The molecule has 1 aromatic heterocycles. The van der Waals surface area contributed by atoms with Crippen molar-refractivity contribution in [1.29, 1.82) is 0 Å². The second-order valence-corrected chi connectivity index (χ2v) is 8.77. The van der Waals surface area contributed by atoms with E-state index in [1.165, 1.54) is 28.0 Å². The highest BCUT2D eigenvalue weighted by Gasteiger charge is 2.34. The molecule has 2 aliphatic heterocycles. The Hall–Kier alpha value is -4.25. The van der Waals surface area contributed by atoms with Crippen LogP contribution in [0.5, 0.6) is 11.5 Å². The van der Waals surface area contributed by atoms with E-state index in [0.717, 1.165) is 0 Å². The number of hydrogen-bond acceptors (Lipinski definition) is 9. The summed E-state index contributed by atoms with van der Waals surface area (Å²) in [6.45, 7) is 3.69. The molecule has 0 N–H and O–H groups in total. The largest absolute Gasteiger partial charge is 0.463 e. The van der Waals surface area contributed by atoms with Crippen molar-refractivity contribution in [3.63, 3.8) is 0 Å². The van der Waals surface area contributed by atoms with Crippen LogP contribution in [0.15, 0.2) is 63.5 Å². The number of hydrogen-bond donors (Lipinski definition) is 0. The van der Waals surface area contributed by atoms with E-state index in [1.54, 1.807) is 50.3 Å². The molecule has 3 aromatic rings. The number of nitro groups is 1.